The van der Waals surface area contributed by atoms with Gasteiger partial charge >= 0.3 is 0 Å². The van der Waals surface area contributed by atoms with Crippen molar-refractivity contribution in [1.29, 1.82) is 0 Å². The molecule has 0 bridgehead atoms. The Hall–Kier alpha value is -2.78. The van der Waals surface area contributed by atoms with E-state index in [0.717, 1.165) is 38.0 Å². The van der Waals surface area contributed by atoms with Crippen LogP contribution >= 0.6 is 0 Å². The Balaban J connectivity index is 1.91. The number of carbonyl (C=O) groups is 1. The van der Waals surface area contributed by atoms with Gasteiger partial charge < -0.3 is 19.7 Å². The van der Waals surface area contributed by atoms with Crippen molar-refractivity contribution in [1.82, 2.24) is 4.31 Å². The van der Waals surface area contributed by atoms with E-state index in [1.807, 2.05) is 13.8 Å². The summed E-state index contributed by atoms with van der Waals surface area (Å²) in [5.41, 5.74) is 1.99. The minimum Gasteiger partial charge on any atom is -0.497 e. The average Bonchev–Trinajstić information content (AvgIpc) is 2.86. The van der Waals surface area contributed by atoms with Gasteiger partial charge in [-0.1, -0.05) is 12.5 Å². The number of carbonyl (C=O) groups excluding carboxylic acids is 1. The number of anilines is 2. The third kappa shape index (κ3) is 5.82. The third-order valence-electron chi connectivity index (χ3n) is 6.14. The zero-order valence-electron chi connectivity index (χ0n) is 20.5. The van der Waals surface area contributed by atoms with E-state index in [1.165, 1.54) is 4.31 Å². The average molecular weight is 490 g/mol. The lowest BCUT2D eigenvalue weighted by molar-refractivity contribution is -0.115. The number of benzene rings is 2. The lowest BCUT2D eigenvalue weighted by atomic mass is 10.1. The van der Waals surface area contributed by atoms with Crippen LogP contribution in [0.5, 0.6) is 11.5 Å². The van der Waals surface area contributed by atoms with Crippen LogP contribution < -0.4 is 19.7 Å². The number of nitrogens with one attached hydrogen (secondary N) is 1. The fraction of sp³-hybridized carbons (Fsp3) is 0.480. The van der Waals surface area contributed by atoms with Gasteiger partial charge in [0.25, 0.3) is 0 Å². The van der Waals surface area contributed by atoms with Crippen LogP contribution in [0.4, 0.5) is 11.4 Å². The van der Waals surface area contributed by atoms with Crippen LogP contribution in [-0.4, -0.2) is 59.0 Å². The molecule has 34 heavy (non-hydrogen) atoms. The number of methoxy groups -OCH3 is 2. The molecule has 0 spiro atoms. The van der Waals surface area contributed by atoms with Gasteiger partial charge in [0.05, 0.1) is 36.9 Å². The second-order valence-corrected chi connectivity index (χ2v) is 10.2. The topological polar surface area (TPSA) is 88.2 Å². The first kappa shape index (κ1) is 25.8. The monoisotopic (exact) mass is 489 g/mol. The largest absolute Gasteiger partial charge is 0.497 e. The smallest absolute Gasteiger partial charge is 0.243 e. The number of rotatable bonds is 10. The van der Waals surface area contributed by atoms with E-state index in [0.29, 0.717) is 35.8 Å². The van der Waals surface area contributed by atoms with E-state index >= 15 is 0 Å². The van der Waals surface area contributed by atoms with Gasteiger partial charge in [-0.2, -0.15) is 4.31 Å². The van der Waals surface area contributed by atoms with Gasteiger partial charge in [-0.3, -0.25) is 4.79 Å². The van der Waals surface area contributed by atoms with Gasteiger partial charge in [0.15, 0.2) is 0 Å². The molecule has 0 saturated carbocycles. The molecule has 2 aromatic rings. The van der Waals surface area contributed by atoms with Crippen LogP contribution in [0.1, 0.15) is 38.7 Å². The molecule has 9 heteroatoms. The van der Waals surface area contributed by atoms with E-state index in [4.69, 9.17) is 9.47 Å². The molecule has 0 aromatic heterocycles. The van der Waals surface area contributed by atoms with Crippen molar-refractivity contribution in [2.45, 2.75) is 44.4 Å². The summed E-state index contributed by atoms with van der Waals surface area (Å²) >= 11 is 0. The number of piperidine rings is 1. The fourth-order valence-corrected chi connectivity index (χ4v) is 5.78. The molecular formula is C25H35N3O5S. The van der Waals surface area contributed by atoms with E-state index in [2.05, 4.69) is 10.2 Å². The van der Waals surface area contributed by atoms with Crippen LogP contribution in [0, 0.1) is 0 Å². The Morgan fingerprint density at radius 2 is 1.71 bits per heavy atom. The molecule has 186 valence electrons. The van der Waals surface area contributed by atoms with Gasteiger partial charge in [0.2, 0.25) is 15.9 Å². The number of amides is 1. The number of nitrogens with zero attached hydrogens (tertiary/aromatic N) is 2. The molecule has 1 aliphatic heterocycles. The fourth-order valence-electron chi connectivity index (χ4n) is 4.24. The lowest BCUT2D eigenvalue weighted by Gasteiger charge is -2.28. The van der Waals surface area contributed by atoms with Gasteiger partial charge in [-0.15, -0.1) is 0 Å². The summed E-state index contributed by atoms with van der Waals surface area (Å²) in [4.78, 5) is 15.3. The molecule has 1 fully saturated rings. The number of sulfonamides is 1. The Morgan fingerprint density at radius 3 is 2.32 bits per heavy atom. The molecule has 1 heterocycles. The highest BCUT2D eigenvalue weighted by Gasteiger charge is 2.27. The van der Waals surface area contributed by atoms with E-state index in [9.17, 15) is 13.2 Å². The summed E-state index contributed by atoms with van der Waals surface area (Å²) in [5.74, 6) is 0.935. The van der Waals surface area contributed by atoms with Crippen molar-refractivity contribution in [3.05, 3.63) is 42.0 Å². The summed E-state index contributed by atoms with van der Waals surface area (Å²) < 4.78 is 38.7. The van der Waals surface area contributed by atoms with Crippen LogP contribution in [0.2, 0.25) is 0 Å². The van der Waals surface area contributed by atoms with Crippen LogP contribution in [0.25, 0.3) is 0 Å². The highest BCUT2D eigenvalue weighted by atomic mass is 32.2. The minimum atomic E-state index is -3.62. The maximum atomic E-state index is 13.3. The molecule has 1 saturated heterocycles. The highest BCUT2D eigenvalue weighted by molar-refractivity contribution is 7.89. The molecule has 0 atom stereocenters. The zero-order valence-corrected chi connectivity index (χ0v) is 21.3. The lowest BCUT2D eigenvalue weighted by Crippen LogP contribution is -2.35. The molecule has 3 rings (SSSR count). The molecular weight excluding hydrogens is 454 g/mol. The van der Waals surface area contributed by atoms with Crippen molar-refractivity contribution in [3.63, 3.8) is 0 Å². The van der Waals surface area contributed by atoms with E-state index in [1.54, 1.807) is 50.6 Å². The summed E-state index contributed by atoms with van der Waals surface area (Å²) in [7, 11) is -0.508. The molecule has 1 N–H and O–H groups in total. The summed E-state index contributed by atoms with van der Waals surface area (Å²) in [6, 6.07) is 10.3. The predicted molar refractivity (Wildman–Crippen MR) is 134 cm³/mol. The Kier molecular flexibility index (Phi) is 8.79. The predicted octanol–water partition coefficient (Wildman–Crippen LogP) is 3.91. The Bertz CT molecular complexity index is 1090. The van der Waals surface area contributed by atoms with Crippen LogP contribution in [0.3, 0.4) is 0 Å². The molecule has 0 unspecified atom stereocenters. The second-order valence-electron chi connectivity index (χ2n) is 8.22. The van der Waals surface area contributed by atoms with Gasteiger partial charge in [0.1, 0.15) is 11.5 Å². The molecule has 0 radical (unpaired) electrons. The summed E-state index contributed by atoms with van der Waals surface area (Å²) in [6.07, 6.45) is 2.85. The van der Waals surface area contributed by atoms with Crippen LogP contribution in [0.15, 0.2) is 41.3 Å². The Morgan fingerprint density at radius 1 is 1.00 bits per heavy atom. The second kappa shape index (κ2) is 11.6. The molecule has 2 aromatic carbocycles. The SMILES string of the molecule is CCN(CC)c1ccc(S(=O)(=O)N2CCCCC2)cc1NC(=O)Cc1ccc(OC)cc1OC. The van der Waals surface area contributed by atoms with Gasteiger partial charge in [0, 0.05) is 37.8 Å². The quantitative estimate of drug-likeness (QED) is 0.545. The van der Waals surface area contributed by atoms with Crippen molar-refractivity contribution in [3.8, 4) is 11.5 Å². The third-order valence-corrected chi connectivity index (χ3v) is 8.04. The molecule has 1 amide bonds. The normalized spacial score (nSPS) is 14.5. The van der Waals surface area contributed by atoms with Gasteiger partial charge in [-0.25, -0.2) is 8.42 Å². The van der Waals surface area contributed by atoms with Crippen molar-refractivity contribution in [2.24, 2.45) is 0 Å². The first-order chi connectivity index (χ1) is 16.3. The van der Waals surface area contributed by atoms with Crippen molar-refractivity contribution >= 4 is 27.3 Å². The first-order valence-corrected chi connectivity index (χ1v) is 13.2. The highest BCUT2D eigenvalue weighted by Crippen LogP contribution is 2.32. The van der Waals surface area contributed by atoms with Crippen LogP contribution in [-0.2, 0) is 21.2 Å². The Labute approximate surface area is 202 Å². The first-order valence-electron chi connectivity index (χ1n) is 11.7. The van der Waals surface area contributed by atoms with E-state index < -0.39 is 10.0 Å². The number of hydrogen-bond donors (Lipinski definition) is 1. The minimum absolute atomic E-state index is 0.0773. The summed E-state index contributed by atoms with van der Waals surface area (Å²) in [6.45, 7) is 6.55. The van der Waals surface area contributed by atoms with E-state index in [-0.39, 0.29) is 17.2 Å². The van der Waals surface area contributed by atoms with Crippen molar-refractivity contribution < 1.29 is 22.7 Å². The molecule has 1 aliphatic rings. The van der Waals surface area contributed by atoms with Gasteiger partial charge in [-0.05, 0) is 51.0 Å². The zero-order chi connectivity index (χ0) is 24.7. The molecule has 8 nitrogen and oxygen atoms in total. The number of hydrogen-bond acceptors (Lipinski definition) is 6. The molecule has 0 aliphatic carbocycles. The standard InChI is InChI=1S/C25H35N3O5S/c1-5-27(6-2)23-13-12-21(34(30,31)28-14-8-7-9-15-28)18-22(23)26-25(29)16-19-10-11-20(32-3)17-24(19)33-4/h10-13,17-18H,5-9,14-16H2,1-4H3,(H,26,29). The maximum Gasteiger partial charge on any atom is 0.243 e. The number of ether oxygens (including phenoxy) is 2. The maximum absolute atomic E-state index is 13.3. The summed E-state index contributed by atoms with van der Waals surface area (Å²) in [5, 5.41) is 2.95. The van der Waals surface area contributed by atoms with Crippen molar-refractivity contribution in [2.75, 3.05) is 50.6 Å².